The van der Waals surface area contributed by atoms with Gasteiger partial charge in [0.1, 0.15) is 17.8 Å². The van der Waals surface area contributed by atoms with Crippen LogP contribution < -0.4 is 0 Å². The van der Waals surface area contributed by atoms with Crippen LogP contribution in [0.4, 0.5) is 4.39 Å². The first-order chi connectivity index (χ1) is 13.2. The highest BCUT2D eigenvalue weighted by molar-refractivity contribution is 7.99. The predicted octanol–water partition coefficient (Wildman–Crippen LogP) is 2.96. The zero-order chi connectivity index (χ0) is 18.6. The normalized spacial score (nSPS) is 10.9. The second kappa shape index (κ2) is 7.50. The highest BCUT2D eigenvalue weighted by atomic mass is 32.2. The molecule has 134 valence electrons. The number of halogens is 1. The van der Waals surface area contributed by atoms with E-state index in [1.807, 2.05) is 30.3 Å². The lowest BCUT2D eigenvalue weighted by Crippen LogP contribution is -2.03. The number of para-hydroxylation sites is 1. The maximum Gasteiger partial charge on any atom is 0.209 e. The molecule has 4 rings (SSSR count). The summed E-state index contributed by atoms with van der Waals surface area (Å²) in [7, 11) is 0. The van der Waals surface area contributed by atoms with Crippen LogP contribution in [-0.4, -0.2) is 41.3 Å². The average molecular weight is 380 g/mol. The van der Waals surface area contributed by atoms with Crippen LogP contribution in [0.15, 0.2) is 72.3 Å². The third-order valence-corrected chi connectivity index (χ3v) is 4.55. The molecule has 0 saturated heterocycles. The molecule has 0 unspecified atom stereocenters. The lowest BCUT2D eigenvalue weighted by Gasteiger charge is -1.98. The number of rotatable bonds is 6. The van der Waals surface area contributed by atoms with Crippen molar-refractivity contribution >= 4 is 17.5 Å². The molecule has 0 aliphatic rings. The summed E-state index contributed by atoms with van der Waals surface area (Å²) in [6.07, 6.45) is 3.12. The Bertz CT molecular complexity index is 1060. The molecule has 9 heteroatoms. The number of hydrogen-bond donors (Lipinski definition) is 0. The van der Waals surface area contributed by atoms with Crippen LogP contribution in [0.25, 0.3) is 11.4 Å². The maximum atomic E-state index is 13.0. The summed E-state index contributed by atoms with van der Waals surface area (Å²) in [5.41, 5.74) is 1.75. The van der Waals surface area contributed by atoms with Gasteiger partial charge in [-0.3, -0.25) is 4.79 Å². The van der Waals surface area contributed by atoms with Crippen molar-refractivity contribution in [2.24, 2.45) is 0 Å². The molecule has 0 saturated carbocycles. The van der Waals surface area contributed by atoms with Crippen LogP contribution in [-0.2, 0) is 0 Å². The van der Waals surface area contributed by atoms with E-state index in [4.69, 9.17) is 0 Å². The number of nitrogens with zero attached hydrogens (tertiary/aromatic N) is 6. The van der Waals surface area contributed by atoms with Gasteiger partial charge in [0, 0.05) is 0 Å². The van der Waals surface area contributed by atoms with E-state index < -0.39 is 0 Å². The largest absolute Gasteiger partial charge is 0.291 e. The number of hydrogen-bond acceptors (Lipinski definition) is 6. The minimum atomic E-state index is -0.339. The molecule has 4 aromatic rings. The van der Waals surface area contributed by atoms with Gasteiger partial charge in [0.25, 0.3) is 0 Å². The number of ketones is 1. The van der Waals surface area contributed by atoms with E-state index in [0.717, 1.165) is 5.69 Å². The zero-order valence-electron chi connectivity index (χ0n) is 13.9. The van der Waals surface area contributed by atoms with Crippen LogP contribution in [0.3, 0.4) is 0 Å². The summed E-state index contributed by atoms with van der Waals surface area (Å²) in [5, 5.41) is 12.7. The van der Waals surface area contributed by atoms with Gasteiger partial charge in [-0.15, -0.1) is 10.2 Å². The number of thioether (sulfide) groups is 1. The Morgan fingerprint density at radius 1 is 1.00 bits per heavy atom. The number of carbonyl (C=O) groups is 1. The van der Waals surface area contributed by atoms with Gasteiger partial charge in [0.05, 0.1) is 23.3 Å². The molecule has 0 bridgehead atoms. The van der Waals surface area contributed by atoms with Crippen LogP contribution in [0.1, 0.15) is 10.5 Å². The van der Waals surface area contributed by atoms with Crippen LogP contribution >= 0.6 is 11.8 Å². The summed E-state index contributed by atoms with van der Waals surface area (Å²) in [5.74, 6) is -0.389. The van der Waals surface area contributed by atoms with Crippen LogP contribution in [0.2, 0.25) is 0 Å². The number of aromatic nitrogens is 6. The molecule has 2 heterocycles. The summed E-state index contributed by atoms with van der Waals surface area (Å²) >= 11 is 1.23. The fourth-order valence-electron chi connectivity index (χ4n) is 2.33. The van der Waals surface area contributed by atoms with E-state index in [1.54, 1.807) is 23.1 Å². The van der Waals surface area contributed by atoms with Crippen molar-refractivity contribution in [1.29, 1.82) is 0 Å². The second-order valence-electron chi connectivity index (χ2n) is 5.54. The lowest BCUT2D eigenvalue weighted by molar-refractivity contribution is 0.101. The fourth-order valence-corrected chi connectivity index (χ4v) is 3.01. The highest BCUT2D eigenvalue weighted by Gasteiger charge is 2.14. The fraction of sp³-hybridized carbons (Fsp3) is 0.0556. The lowest BCUT2D eigenvalue weighted by atomic mass is 10.3. The molecule has 0 fully saturated rings. The highest BCUT2D eigenvalue weighted by Crippen LogP contribution is 2.16. The minimum absolute atomic E-state index is 0.140. The molecule has 27 heavy (non-hydrogen) atoms. The molecule has 2 aromatic heterocycles. The molecule has 0 amide bonds. The maximum absolute atomic E-state index is 13.0. The first-order valence-corrected chi connectivity index (χ1v) is 8.99. The van der Waals surface area contributed by atoms with Crippen LogP contribution in [0.5, 0.6) is 0 Å². The molecule has 7 nitrogen and oxygen atoms in total. The molecule has 0 spiro atoms. The second-order valence-corrected chi connectivity index (χ2v) is 6.49. The van der Waals surface area contributed by atoms with E-state index in [1.165, 1.54) is 34.8 Å². The minimum Gasteiger partial charge on any atom is -0.291 e. The Morgan fingerprint density at radius 3 is 2.52 bits per heavy atom. The van der Waals surface area contributed by atoms with Crippen LogP contribution in [0, 0.1) is 5.82 Å². The molecule has 0 radical (unpaired) electrons. The Kier molecular flexibility index (Phi) is 4.75. The van der Waals surface area contributed by atoms with Crippen molar-refractivity contribution < 1.29 is 9.18 Å². The van der Waals surface area contributed by atoms with Crippen molar-refractivity contribution in [3.63, 3.8) is 0 Å². The van der Waals surface area contributed by atoms with E-state index >= 15 is 0 Å². The van der Waals surface area contributed by atoms with E-state index in [2.05, 4.69) is 20.4 Å². The molecule has 0 aliphatic carbocycles. The Morgan fingerprint density at radius 2 is 1.74 bits per heavy atom. The molecular formula is C18H13FN6OS. The zero-order valence-corrected chi connectivity index (χ0v) is 14.8. The number of Topliss-reactive ketones (excluding diaryl/α,β-unsaturated/α-hetero) is 1. The smallest absolute Gasteiger partial charge is 0.209 e. The summed E-state index contributed by atoms with van der Waals surface area (Å²) in [6.45, 7) is 0. The van der Waals surface area contributed by atoms with Gasteiger partial charge in [-0.1, -0.05) is 35.2 Å². The summed E-state index contributed by atoms with van der Waals surface area (Å²) in [6, 6.07) is 15.4. The molecule has 0 N–H and O–H groups in total. The van der Waals surface area contributed by atoms with Gasteiger partial charge in [-0.2, -0.15) is 0 Å². The van der Waals surface area contributed by atoms with Gasteiger partial charge in [-0.05, 0) is 36.4 Å². The Hall–Kier alpha value is -3.33. The van der Waals surface area contributed by atoms with Crippen molar-refractivity contribution in [1.82, 2.24) is 29.8 Å². The van der Waals surface area contributed by atoms with E-state index in [9.17, 15) is 9.18 Å². The number of benzene rings is 2. The van der Waals surface area contributed by atoms with Gasteiger partial charge in [0.2, 0.25) is 5.16 Å². The van der Waals surface area contributed by atoms with E-state index in [0.29, 0.717) is 10.8 Å². The van der Waals surface area contributed by atoms with Gasteiger partial charge < -0.3 is 0 Å². The van der Waals surface area contributed by atoms with Crippen molar-refractivity contribution in [2.45, 2.75) is 5.16 Å². The molecular weight excluding hydrogens is 367 g/mol. The first-order valence-electron chi connectivity index (χ1n) is 8.00. The van der Waals surface area contributed by atoms with Crippen molar-refractivity contribution in [3.8, 4) is 11.4 Å². The Balaban J connectivity index is 1.40. The standard InChI is InChI=1S/C18H13FN6OS/c19-13-6-8-15(9-7-13)24-10-16(21-23-24)17(26)11-27-18-20-12-25(22-18)14-4-2-1-3-5-14/h1-10,12H,11H2. The molecule has 0 aliphatic heterocycles. The number of carbonyl (C=O) groups excluding carboxylic acids is 1. The quantitative estimate of drug-likeness (QED) is 0.378. The molecule has 2 aromatic carbocycles. The average Bonchev–Trinajstić information content (AvgIpc) is 3.37. The van der Waals surface area contributed by atoms with Gasteiger partial charge >= 0.3 is 0 Å². The van der Waals surface area contributed by atoms with Gasteiger partial charge in [-0.25, -0.2) is 18.7 Å². The Labute approximate surface area is 157 Å². The summed E-state index contributed by atoms with van der Waals surface area (Å²) in [4.78, 5) is 16.5. The summed E-state index contributed by atoms with van der Waals surface area (Å²) < 4.78 is 16.1. The first kappa shape index (κ1) is 17.1. The van der Waals surface area contributed by atoms with Crippen molar-refractivity contribution in [3.05, 3.63) is 78.6 Å². The van der Waals surface area contributed by atoms with E-state index in [-0.39, 0.29) is 23.0 Å². The SMILES string of the molecule is O=C(CSc1ncn(-c2ccccc2)n1)c1cn(-c2ccc(F)cc2)nn1. The molecule has 0 atom stereocenters. The third kappa shape index (κ3) is 3.93. The monoisotopic (exact) mass is 380 g/mol. The van der Waals surface area contributed by atoms with Crippen molar-refractivity contribution in [2.75, 3.05) is 5.75 Å². The predicted molar refractivity (Wildman–Crippen MR) is 97.7 cm³/mol. The topological polar surface area (TPSA) is 78.5 Å². The van der Waals surface area contributed by atoms with Gasteiger partial charge in [0.15, 0.2) is 5.78 Å². The third-order valence-electron chi connectivity index (χ3n) is 3.69.